The van der Waals surface area contributed by atoms with E-state index in [9.17, 15) is 4.79 Å². The Morgan fingerprint density at radius 2 is 2.28 bits per heavy atom. The molecule has 18 heavy (non-hydrogen) atoms. The van der Waals surface area contributed by atoms with E-state index in [0.717, 1.165) is 17.2 Å². The summed E-state index contributed by atoms with van der Waals surface area (Å²) in [6.07, 6.45) is 0.500. The van der Waals surface area contributed by atoms with E-state index in [1.807, 2.05) is 6.92 Å². The Kier molecular flexibility index (Phi) is 3.98. The van der Waals surface area contributed by atoms with Gasteiger partial charge in [0.1, 0.15) is 0 Å². The summed E-state index contributed by atoms with van der Waals surface area (Å²) in [5.41, 5.74) is 3.44. The highest BCUT2D eigenvalue weighted by atomic mass is 32.1. The SMILES string of the molecule is CNC(=O)CCNCc1c(C)nc2scc(C)n12. The molecule has 2 N–H and O–H groups in total. The van der Waals surface area contributed by atoms with E-state index in [1.54, 1.807) is 18.4 Å². The van der Waals surface area contributed by atoms with Crippen molar-refractivity contribution >= 4 is 22.2 Å². The number of rotatable bonds is 5. The van der Waals surface area contributed by atoms with Crippen molar-refractivity contribution in [2.75, 3.05) is 13.6 Å². The zero-order valence-electron chi connectivity index (χ0n) is 10.9. The van der Waals surface area contributed by atoms with Gasteiger partial charge in [-0.15, -0.1) is 11.3 Å². The van der Waals surface area contributed by atoms with E-state index in [-0.39, 0.29) is 5.91 Å². The lowest BCUT2D eigenvalue weighted by Gasteiger charge is -2.05. The fraction of sp³-hybridized carbons (Fsp3) is 0.500. The van der Waals surface area contributed by atoms with Crippen LogP contribution in [0, 0.1) is 13.8 Å². The molecule has 0 aliphatic rings. The van der Waals surface area contributed by atoms with E-state index >= 15 is 0 Å². The summed E-state index contributed by atoms with van der Waals surface area (Å²) >= 11 is 1.66. The number of fused-ring (bicyclic) bond motifs is 1. The molecular formula is C12H18N4OS. The molecule has 1 amide bonds. The third kappa shape index (κ3) is 2.54. The van der Waals surface area contributed by atoms with Gasteiger partial charge in [-0.1, -0.05) is 0 Å². The number of hydrogen-bond donors (Lipinski definition) is 2. The van der Waals surface area contributed by atoms with Crippen LogP contribution in [0.5, 0.6) is 0 Å². The molecule has 0 saturated heterocycles. The van der Waals surface area contributed by atoms with Crippen molar-refractivity contribution < 1.29 is 4.79 Å². The highest BCUT2D eigenvalue weighted by Gasteiger charge is 2.11. The van der Waals surface area contributed by atoms with Crippen LogP contribution in [0.1, 0.15) is 23.5 Å². The number of aryl methyl sites for hydroxylation is 2. The van der Waals surface area contributed by atoms with Crippen molar-refractivity contribution in [3.05, 3.63) is 22.5 Å². The Hall–Kier alpha value is -1.40. The molecule has 2 aromatic rings. The first-order chi connectivity index (χ1) is 8.63. The number of amides is 1. The second kappa shape index (κ2) is 5.49. The van der Waals surface area contributed by atoms with Gasteiger partial charge in [-0.05, 0) is 13.8 Å². The second-order valence-electron chi connectivity index (χ2n) is 4.24. The topological polar surface area (TPSA) is 58.4 Å². The van der Waals surface area contributed by atoms with Crippen molar-refractivity contribution in [2.24, 2.45) is 0 Å². The molecule has 0 bridgehead atoms. The molecule has 0 spiro atoms. The maximum Gasteiger partial charge on any atom is 0.221 e. The van der Waals surface area contributed by atoms with E-state index in [1.165, 1.54) is 11.4 Å². The van der Waals surface area contributed by atoms with Gasteiger partial charge in [-0.2, -0.15) is 0 Å². The lowest BCUT2D eigenvalue weighted by atomic mass is 10.3. The quantitative estimate of drug-likeness (QED) is 0.801. The Morgan fingerprint density at radius 3 is 3.00 bits per heavy atom. The summed E-state index contributed by atoms with van der Waals surface area (Å²) in [5.74, 6) is 0.0596. The van der Waals surface area contributed by atoms with Crippen molar-refractivity contribution in [2.45, 2.75) is 26.8 Å². The summed E-state index contributed by atoms with van der Waals surface area (Å²) in [5, 5.41) is 8.00. The normalized spacial score (nSPS) is 11.1. The standard InChI is InChI=1S/C12H18N4OS/c1-8-7-18-12-15-9(2)10(16(8)12)6-14-5-4-11(17)13-3/h7,14H,4-6H2,1-3H3,(H,13,17). The van der Waals surface area contributed by atoms with E-state index in [2.05, 4.69) is 32.3 Å². The molecule has 0 fully saturated rings. The molecule has 0 atom stereocenters. The summed E-state index contributed by atoms with van der Waals surface area (Å²) in [4.78, 5) is 16.7. The minimum absolute atomic E-state index is 0.0596. The number of nitrogens with one attached hydrogen (secondary N) is 2. The Labute approximate surface area is 110 Å². The molecule has 5 nitrogen and oxygen atoms in total. The van der Waals surface area contributed by atoms with Crippen molar-refractivity contribution in [1.82, 2.24) is 20.0 Å². The van der Waals surface area contributed by atoms with Crippen molar-refractivity contribution in [3.8, 4) is 0 Å². The first kappa shape index (κ1) is 13.0. The minimum Gasteiger partial charge on any atom is -0.359 e. The second-order valence-corrected chi connectivity index (χ2v) is 5.08. The van der Waals surface area contributed by atoms with Crippen molar-refractivity contribution in [1.29, 1.82) is 0 Å². The summed E-state index contributed by atoms with van der Waals surface area (Å²) < 4.78 is 2.17. The molecular weight excluding hydrogens is 248 g/mol. The maximum absolute atomic E-state index is 11.1. The highest BCUT2D eigenvalue weighted by molar-refractivity contribution is 7.15. The van der Waals surface area contributed by atoms with Gasteiger partial charge in [0.05, 0.1) is 11.4 Å². The van der Waals surface area contributed by atoms with Crippen LogP contribution in [0.4, 0.5) is 0 Å². The van der Waals surface area contributed by atoms with Crippen LogP contribution in [0.3, 0.4) is 0 Å². The molecule has 0 aromatic carbocycles. The third-order valence-electron chi connectivity index (χ3n) is 2.93. The number of carbonyl (C=O) groups is 1. The van der Waals surface area contributed by atoms with Gasteiger partial charge in [0.25, 0.3) is 0 Å². The van der Waals surface area contributed by atoms with E-state index in [0.29, 0.717) is 13.0 Å². The molecule has 0 saturated carbocycles. The number of aromatic nitrogens is 2. The molecule has 0 aliphatic carbocycles. The lowest BCUT2D eigenvalue weighted by molar-refractivity contribution is -0.120. The fourth-order valence-corrected chi connectivity index (χ4v) is 2.84. The Balaban J connectivity index is 2.01. The van der Waals surface area contributed by atoms with Gasteiger partial charge >= 0.3 is 0 Å². The van der Waals surface area contributed by atoms with Crippen LogP contribution in [-0.2, 0) is 11.3 Å². The number of nitrogens with zero attached hydrogens (tertiary/aromatic N) is 2. The fourth-order valence-electron chi connectivity index (χ4n) is 1.91. The summed E-state index contributed by atoms with van der Waals surface area (Å²) in [6.45, 7) is 5.52. The van der Waals surface area contributed by atoms with Crippen LogP contribution >= 0.6 is 11.3 Å². The molecule has 2 heterocycles. The molecule has 0 radical (unpaired) electrons. The predicted molar refractivity (Wildman–Crippen MR) is 72.9 cm³/mol. The number of carbonyl (C=O) groups excluding carboxylic acids is 1. The average Bonchev–Trinajstić information content (AvgIpc) is 2.85. The van der Waals surface area contributed by atoms with Crippen LogP contribution in [-0.4, -0.2) is 28.9 Å². The summed E-state index contributed by atoms with van der Waals surface area (Å²) in [7, 11) is 1.65. The van der Waals surface area contributed by atoms with Crippen LogP contribution in [0.2, 0.25) is 0 Å². The Morgan fingerprint density at radius 1 is 1.50 bits per heavy atom. The monoisotopic (exact) mass is 266 g/mol. The lowest BCUT2D eigenvalue weighted by Crippen LogP contribution is -2.25. The van der Waals surface area contributed by atoms with E-state index in [4.69, 9.17) is 0 Å². The molecule has 0 aliphatic heterocycles. The zero-order valence-corrected chi connectivity index (χ0v) is 11.7. The molecule has 98 valence electrons. The number of hydrogen-bond acceptors (Lipinski definition) is 4. The van der Waals surface area contributed by atoms with Gasteiger partial charge in [0.15, 0.2) is 4.96 Å². The van der Waals surface area contributed by atoms with Crippen molar-refractivity contribution in [3.63, 3.8) is 0 Å². The van der Waals surface area contributed by atoms with Gasteiger partial charge in [-0.3, -0.25) is 9.20 Å². The minimum atomic E-state index is 0.0596. The van der Waals surface area contributed by atoms with E-state index < -0.39 is 0 Å². The van der Waals surface area contributed by atoms with Crippen LogP contribution < -0.4 is 10.6 Å². The third-order valence-corrected chi connectivity index (χ3v) is 3.87. The zero-order chi connectivity index (χ0) is 13.1. The highest BCUT2D eigenvalue weighted by Crippen LogP contribution is 2.20. The molecule has 2 aromatic heterocycles. The van der Waals surface area contributed by atoms with Gasteiger partial charge in [0.2, 0.25) is 5.91 Å². The van der Waals surface area contributed by atoms with Gasteiger partial charge in [0, 0.05) is 37.6 Å². The molecule has 0 unspecified atom stereocenters. The van der Waals surface area contributed by atoms with Crippen LogP contribution in [0.15, 0.2) is 5.38 Å². The largest absolute Gasteiger partial charge is 0.359 e. The first-order valence-corrected chi connectivity index (χ1v) is 6.84. The van der Waals surface area contributed by atoms with Crippen LogP contribution in [0.25, 0.3) is 4.96 Å². The Bertz CT molecular complexity index is 558. The van der Waals surface area contributed by atoms with Gasteiger partial charge < -0.3 is 10.6 Å². The number of thiazole rings is 1. The smallest absolute Gasteiger partial charge is 0.221 e. The predicted octanol–water partition coefficient (Wildman–Crippen LogP) is 1.24. The average molecular weight is 266 g/mol. The molecule has 2 rings (SSSR count). The van der Waals surface area contributed by atoms with Gasteiger partial charge in [-0.25, -0.2) is 4.98 Å². The maximum atomic E-state index is 11.1. The number of imidazole rings is 1. The summed E-state index contributed by atoms with van der Waals surface area (Å²) in [6, 6.07) is 0. The molecule has 6 heteroatoms. The first-order valence-electron chi connectivity index (χ1n) is 5.96.